The van der Waals surface area contributed by atoms with Gasteiger partial charge in [0.15, 0.2) is 0 Å². The Morgan fingerprint density at radius 3 is 2.67 bits per heavy atom. The Balaban J connectivity index is 2.09. The predicted molar refractivity (Wildman–Crippen MR) is 62.5 cm³/mol. The Hall–Kier alpha value is -0.530. The van der Waals surface area contributed by atoms with E-state index in [0.717, 1.165) is 18.4 Å². The number of benzene rings is 1. The van der Waals surface area contributed by atoms with Gasteiger partial charge in [0.05, 0.1) is 10.0 Å². The summed E-state index contributed by atoms with van der Waals surface area (Å²) >= 11 is 11.9. The van der Waals surface area contributed by atoms with E-state index in [2.05, 4.69) is 0 Å². The minimum Gasteiger partial charge on any atom is -0.299 e. The summed E-state index contributed by atoms with van der Waals surface area (Å²) < 4.78 is 0. The standard InChI is InChI=1S/C12H12Cl2O/c13-10-6-2-5-9(12(10)14)7-11(15)8-3-1-4-8/h2,5-6,8H,1,3-4,7H2. The van der Waals surface area contributed by atoms with E-state index in [9.17, 15) is 4.79 Å². The normalized spacial score (nSPS) is 16.1. The van der Waals surface area contributed by atoms with Gasteiger partial charge in [0.1, 0.15) is 5.78 Å². The van der Waals surface area contributed by atoms with Crippen molar-refractivity contribution in [3.63, 3.8) is 0 Å². The third kappa shape index (κ3) is 2.35. The Morgan fingerprint density at radius 2 is 2.07 bits per heavy atom. The number of Topliss-reactive ketones (excluding diaryl/α,β-unsaturated/α-hetero) is 1. The van der Waals surface area contributed by atoms with Gasteiger partial charge in [-0.3, -0.25) is 4.79 Å². The van der Waals surface area contributed by atoms with Crippen molar-refractivity contribution < 1.29 is 4.79 Å². The molecular formula is C12H12Cl2O. The van der Waals surface area contributed by atoms with Crippen molar-refractivity contribution in [3.8, 4) is 0 Å². The maximum Gasteiger partial charge on any atom is 0.140 e. The van der Waals surface area contributed by atoms with Crippen LogP contribution in [-0.2, 0) is 11.2 Å². The molecule has 0 amide bonds. The van der Waals surface area contributed by atoms with Crippen molar-refractivity contribution in [2.45, 2.75) is 25.7 Å². The number of halogens is 2. The molecule has 0 spiro atoms. The Morgan fingerprint density at radius 1 is 1.33 bits per heavy atom. The molecule has 15 heavy (non-hydrogen) atoms. The molecule has 1 saturated carbocycles. The van der Waals surface area contributed by atoms with Crippen LogP contribution in [0.3, 0.4) is 0 Å². The first-order chi connectivity index (χ1) is 7.18. The minimum atomic E-state index is 0.264. The van der Waals surface area contributed by atoms with Crippen LogP contribution in [-0.4, -0.2) is 5.78 Å². The largest absolute Gasteiger partial charge is 0.299 e. The van der Waals surface area contributed by atoms with Crippen molar-refractivity contribution in [1.29, 1.82) is 0 Å². The lowest BCUT2D eigenvalue weighted by atomic mass is 9.80. The summed E-state index contributed by atoms with van der Waals surface area (Å²) in [6, 6.07) is 5.43. The van der Waals surface area contributed by atoms with E-state index >= 15 is 0 Å². The van der Waals surface area contributed by atoms with Crippen LogP contribution in [0.1, 0.15) is 24.8 Å². The number of ketones is 1. The molecular weight excluding hydrogens is 231 g/mol. The molecule has 1 aromatic rings. The molecule has 0 saturated heterocycles. The van der Waals surface area contributed by atoms with Crippen molar-refractivity contribution in [1.82, 2.24) is 0 Å². The van der Waals surface area contributed by atoms with Crippen LogP contribution in [0.4, 0.5) is 0 Å². The second-order valence-electron chi connectivity index (χ2n) is 3.98. The molecule has 0 aliphatic heterocycles. The average Bonchev–Trinajstić information content (AvgIpc) is 2.10. The predicted octanol–water partition coefficient (Wildman–Crippen LogP) is 3.91. The van der Waals surface area contributed by atoms with Crippen molar-refractivity contribution in [2.75, 3.05) is 0 Å². The maximum absolute atomic E-state index is 11.8. The first kappa shape index (κ1) is 11.0. The molecule has 0 heterocycles. The van der Waals surface area contributed by atoms with Crippen LogP contribution in [0, 0.1) is 5.92 Å². The smallest absolute Gasteiger partial charge is 0.140 e. The first-order valence-corrected chi connectivity index (χ1v) is 5.89. The lowest BCUT2D eigenvalue weighted by Crippen LogP contribution is -2.23. The second-order valence-corrected chi connectivity index (χ2v) is 4.77. The zero-order valence-electron chi connectivity index (χ0n) is 8.30. The molecule has 3 heteroatoms. The Bertz CT molecular complexity index is 383. The topological polar surface area (TPSA) is 17.1 Å². The van der Waals surface area contributed by atoms with E-state index in [0.29, 0.717) is 22.2 Å². The zero-order chi connectivity index (χ0) is 10.8. The van der Waals surface area contributed by atoms with Gasteiger partial charge in [0.25, 0.3) is 0 Å². The van der Waals surface area contributed by atoms with Crippen molar-refractivity contribution >= 4 is 29.0 Å². The van der Waals surface area contributed by atoms with Gasteiger partial charge in [-0.1, -0.05) is 41.8 Å². The second kappa shape index (κ2) is 4.54. The third-order valence-electron chi connectivity index (χ3n) is 2.96. The van der Waals surface area contributed by atoms with Crippen LogP contribution in [0.5, 0.6) is 0 Å². The molecule has 0 unspecified atom stereocenters. The highest BCUT2D eigenvalue weighted by molar-refractivity contribution is 6.42. The van der Waals surface area contributed by atoms with Crippen molar-refractivity contribution in [3.05, 3.63) is 33.8 Å². The maximum atomic E-state index is 11.8. The molecule has 80 valence electrons. The van der Waals surface area contributed by atoms with E-state index in [1.165, 1.54) is 6.42 Å². The molecule has 1 fully saturated rings. The monoisotopic (exact) mass is 242 g/mol. The summed E-state index contributed by atoms with van der Waals surface area (Å²) in [4.78, 5) is 11.8. The van der Waals surface area contributed by atoms with Gasteiger partial charge in [-0.15, -0.1) is 0 Å². The molecule has 0 N–H and O–H groups in total. The lowest BCUT2D eigenvalue weighted by molar-refractivity contribution is -0.124. The highest BCUT2D eigenvalue weighted by Gasteiger charge is 2.25. The molecule has 1 nitrogen and oxygen atoms in total. The molecule has 1 aliphatic carbocycles. The van der Waals surface area contributed by atoms with Crippen LogP contribution in [0.15, 0.2) is 18.2 Å². The van der Waals surface area contributed by atoms with Gasteiger partial charge in [0, 0.05) is 12.3 Å². The highest BCUT2D eigenvalue weighted by atomic mass is 35.5. The number of hydrogen-bond acceptors (Lipinski definition) is 1. The first-order valence-electron chi connectivity index (χ1n) is 5.14. The van der Waals surface area contributed by atoms with Crippen LogP contribution >= 0.6 is 23.2 Å². The van der Waals surface area contributed by atoms with Gasteiger partial charge in [-0.05, 0) is 24.5 Å². The SMILES string of the molecule is O=C(Cc1cccc(Cl)c1Cl)C1CCC1. The van der Waals surface area contributed by atoms with Gasteiger partial charge >= 0.3 is 0 Å². The Kier molecular flexibility index (Phi) is 3.32. The number of carbonyl (C=O) groups is 1. The third-order valence-corrected chi connectivity index (χ3v) is 3.81. The fourth-order valence-corrected chi connectivity index (χ4v) is 2.13. The van der Waals surface area contributed by atoms with Gasteiger partial charge in [-0.25, -0.2) is 0 Å². The minimum absolute atomic E-state index is 0.264. The zero-order valence-corrected chi connectivity index (χ0v) is 9.81. The molecule has 0 aromatic heterocycles. The number of rotatable bonds is 3. The summed E-state index contributed by atoms with van der Waals surface area (Å²) in [7, 11) is 0. The summed E-state index contributed by atoms with van der Waals surface area (Å²) in [5.74, 6) is 0.561. The van der Waals surface area contributed by atoms with Crippen LogP contribution < -0.4 is 0 Å². The van der Waals surface area contributed by atoms with E-state index < -0.39 is 0 Å². The van der Waals surface area contributed by atoms with E-state index in [1.807, 2.05) is 12.1 Å². The Labute approximate surface area is 99.4 Å². The summed E-state index contributed by atoms with van der Waals surface area (Å²) in [6.07, 6.45) is 3.68. The summed E-state index contributed by atoms with van der Waals surface area (Å²) in [5.41, 5.74) is 0.848. The molecule has 0 bridgehead atoms. The van der Waals surface area contributed by atoms with E-state index in [4.69, 9.17) is 23.2 Å². The van der Waals surface area contributed by atoms with Crippen molar-refractivity contribution in [2.24, 2.45) is 5.92 Å². The van der Waals surface area contributed by atoms with E-state index in [1.54, 1.807) is 6.07 Å². The highest BCUT2D eigenvalue weighted by Crippen LogP contribution is 2.31. The molecule has 2 rings (SSSR count). The fourth-order valence-electron chi connectivity index (χ4n) is 1.75. The van der Waals surface area contributed by atoms with Gasteiger partial charge in [-0.2, -0.15) is 0 Å². The van der Waals surface area contributed by atoms with Crippen LogP contribution in [0.2, 0.25) is 10.0 Å². The van der Waals surface area contributed by atoms with Gasteiger partial charge in [0.2, 0.25) is 0 Å². The lowest BCUT2D eigenvalue weighted by Gasteiger charge is -2.23. The molecule has 1 aliphatic rings. The van der Waals surface area contributed by atoms with E-state index in [-0.39, 0.29) is 5.92 Å². The molecule has 1 aromatic carbocycles. The van der Waals surface area contributed by atoms with Gasteiger partial charge < -0.3 is 0 Å². The number of carbonyl (C=O) groups excluding carboxylic acids is 1. The summed E-state index contributed by atoms with van der Waals surface area (Å²) in [5, 5.41) is 1.04. The van der Waals surface area contributed by atoms with Crippen LogP contribution in [0.25, 0.3) is 0 Å². The average molecular weight is 243 g/mol. The molecule has 0 radical (unpaired) electrons. The molecule has 0 atom stereocenters. The number of hydrogen-bond donors (Lipinski definition) is 0. The summed E-state index contributed by atoms with van der Waals surface area (Å²) in [6.45, 7) is 0. The fraction of sp³-hybridized carbons (Fsp3) is 0.417. The quantitative estimate of drug-likeness (QED) is 0.786.